The highest BCUT2D eigenvalue weighted by atomic mass is 32.2. The minimum atomic E-state index is -3.32. The Morgan fingerprint density at radius 2 is 1.69 bits per heavy atom. The maximum absolute atomic E-state index is 12.7. The van der Waals surface area contributed by atoms with Crippen LogP contribution in [0.5, 0.6) is 11.5 Å². The highest BCUT2D eigenvalue weighted by molar-refractivity contribution is 7.88. The van der Waals surface area contributed by atoms with Crippen molar-refractivity contribution in [3.05, 3.63) is 64.2 Å². The summed E-state index contributed by atoms with van der Waals surface area (Å²) >= 11 is 1.31. The van der Waals surface area contributed by atoms with Crippen molar-refractivity contribution < 1.29 is 22.7 Å². The normalized spacial score (nSPS) is 11.2. The van der Waals surface area contributed by atoms with Gasteiger partial charge in [0.05, 0.1) is 25.7 Å². The molecule has 1 amide bonds. The summed E-state index contributed by atoms with van der Waals surface area (Å²) in [7, 11) is 1.21. The fraction of sp³-hybridized carbons (Fsp3) is 0.273. The van der Waals surface area contributed by atoms with Crippen LogP contribution in [0.2, 0.25) is 0 Å². The van der Waals surface area contributed by atoms with Crippen LogP contribution >= 0.6 is 11.3 Å². The van der Waals surface area contributed by atoms with Crippen molar-refractivity contribution in [2.45, 2.75) is 19.2 Å². The van der Waals surface area contributed by atoms with Crippen molar-refractivity contribution in [1.82, 2.24) is 15.0 Å². The van der Waals surface area contributed by atoms with Gasteiger partial charge in [0.1, 0.15) is 9.88 Å². The molecule has 0 saturated carbocycles. The van der Waals surface area contributed by atoms with E-state index < -0.39 is 10.0 Å². The number of aromatic nitrogens is 1. The van der Waals surface area contributed by atoms with E-state index in [4.69, 9.17) is 9.47 Å². The van der Waals surface area contributed by atoms with Crippen LogP contribution in [-0.2, 0) is 22.3 Å². The van der Waals surface area contributed by atoms with Crippen LogP contribution in [-0.4, -0.2) is 40.6 Å². The summed E-state index contributed by atoms with van der Waals surface area (Å²) in [6, 6.07) is 12.6. The smallest absolute Gasteiger partial charge is 0.263 e. The number of amides is 1. The molecule has 0 spiro atoms. The van der Waals surface area contributed by atoms with Gasteiger partial charge in [0.25, 0.3) is 5.91 Å². The highest BCUT2D eigenvalue weighted by Gasteiger charge is 2.17. The molecule has 0 aliphatic carbocycles. The fourth-order valence-electron chi connectivity index (χ4n) is 3.01. The molecule has 1 heterocycles. The average molecular weight is 476 g/mol. The minimum absolute atomic E-state index is 0.0882. The SMILES string of the molecule is CNS(=O)(=O)Cc1ccc(CNC(=O)c2sc(-c3ccc(OC)c(OC)c3)nc2C)cc1. The van der Waals surface area contributed by atoms with Gasteiger partial charge in [-0.05, 0) is 43.3 Å². The van der Waals surface area contributed by atoms with Gasteiger partial charge in [-0.15, -0.1) is 11.3 Å². The molecule has 0 unspecified atom stereocenters. The molecule has 0 atom stereocenters. The van der Waals surface area contributed by atoms with Gasteiger partial charge in [-0.25, -0.2) is 18.1 Å². The van der Waals surface area contributed by atoms with Crippen LogP contribution in [0.25, 0.3) is 10.6 Å². The van der Waals surface area contributed by atoms with Crippen LogP contribution in [0.4, 0.5) is 0 Å². The van der Waals surface area contributed by atoms with Gasteiger partial charge in [-0.3, -0.25) is 4.79 Å². The Labute approximate surface area is 191 Å². The lowest BCUT2D eigenvalue weighted by molar-refractivity contribution is 0.0954. The molecule has 1 aromatic heterocycles. The molecule has 0 aliphatic heterocycles. The van der Waals surface area contributed by atoms with Gasteiger partial charge in [0, 0.05) is 12.1 Å². The number of rotatable bonds is 9. The Balaban J connectivity index is 1.68. The summed E-state index contributed by atoms with van der Waals surface area (Å²) in [6.45, 7) is 2.12. The quantitative estimate of drug-likeness (QED) is 0.493. The van der Waals surface area contributed by atoms with Crippen LogP contribution in [0.1, 0.15) is 26.5 Å². The lowest BCUT2D eigenvalue weighted by atomic mass is 10.1. The average Bonchev–Trinajstić information content (AvgIpc) is 3.19. The third-order valence-corrected chi connectivity index (χ3v) is 7.32. The minimum Gasteiger partial charge on any atom is -0.493 e. The first-order chi connectivity index (χ1) is 15.3. The number of hydrogen-bond donors (Lipinski definition) is 2. The van der Waals surface area contributed by atoms with Crippen molar-refractivity contribution in [3.8, 4) is 22.1 Å². The summed E-state index contributed by atoms with van der Waals surface area (Å²) in [5, 5.41) is 3.61. The monoisotopic (exact) mass is 475 g/mol. The third-order valence-electron chi connectivity index (χ3n) is 4.78. The molecule has 3 rings (SSSR count). The number of nitrogens with one attached hydrogen (secondary N) is 2. The van der Waals surface area contributed by atoms with Crippen LogP contribution in [0.3, 0.4) is 0 Å². The van der Waals surface area contributed by atoms with Gasteiger partial charge < -0.3 is 14.8 Å². The van der Waals surface area contributed by atoms with E-state index in [0.29, 0.717) is 39.2 Å². The number of sulfonamides is 1. The molecule has 3 aromatic rings. The van der Waals surface area contributed by atoms with Gasteiger partial charge in [-0.2, -0.15) is 0 Å². The Morgan fingerprint density at radius 1 is 1.03 bits per heavy atom. The van der Waals surface area contributed by atoms with Crippen LogP contribution in [0.15, 0.2) is 42.5 Å². The van der Waals surface area contributed by atoms with E-state index in [1.165, 1.54) is 18.4 Å². The molecule has 170 valence electrons. The van der Waals surface area contributed by atoms with Crippen molar-refractivity contribution >= 4 is 27.3 Å². The Hall–Kier alpha value is -2.95. The first kappa shape index (κ1) is 23.7. The number of hydrogen-bond acceptors (Lipinski definition) is 7. The summed E-state index contributed by atoms with van der Waals surface area (Å²) in [5.74, 6) is 0.912. The molecule has 0 aliphatic rings. The van der Waals surface area contributed by atoms with E-state index in [1.54, 1.807) is 51.5 Å². The van der Waals surface area contributed by atoms with Crippen molar-refractivity contribution in [2.75, 3.05) is 21.3 Å². The lowest BCUT2D eigenvalue weighted by Crippen LogP contribution is -2.22. The topological polar surface area (TPSA) is 107 Å². The number of carbonyl (C=O) groups excluding carboxylic acids is 1. The van der Waals surface area contributed by atoms with Crippen molar-refractivity contribution in [3.63, 3.8) is 0 Å². The van der Waals surface area contributed by atoms with E-state index in [1.807, 2.05) is 12.1 Å². The highest BCUT2D eigenvalue weighted by Crippen LogP contribution is 2.35. The van der Waals surface area contributed by atoms with E-state index in [0.717, 1.165) is 11.1 Å². The molecule has 0 saturated heterocycles. The van der Waals surface area contributed by atoms with Gasteiger partial charge in [0.15, 0.2) is 11.5 Å². The second-order valence-electron chi connectivity index (χ2n) is 6.97. The molecule has 10 heteroatoms. The Bertz CT molecular complexity index is 1200. The maximum Gasteiger partial charge on any atom is 0.263 e. The summed E-state index contributed by atoms with van der Waals surface area (Å²) in [4.78, 5) is 17.8. The van der Waals surface area contributed by atoms with Crippen LogP contribution in [0, 0.1) is 6.92 Å². The first-order valence-electron chi connectivity index (χ1n) is 9.73. The molecular weight excluding hydrogens is 450 g/mol. The van der Waals surface area contributed by atoms with E-state index in [-0.39, 0.29) is 11.7 Å². The number of carbonyl (C=O) groups is 1. The second kappa shape index (κ2) is 10.1. The zero-order chi connectivity index (χ0) is 23.3. The lowest BCUT2D eigenvalue weighted by Gasteiger charge is -2.08. The summed E-state index contributed by atoms with van der Waals surface area (Å²) in [6.07, 6.45) is 0. The molecule has 0 fully saturated rings. The van der Waals surface area contributed by atoms with E-state index in [2.05, 4.69) is 15.0 Å². The molecule has 32 heavy (non-hydrogen) atoms. The predicted octanol–water partition coefficient (Wildman–Crippen LogP) is 3.11. The number of nitrogens with zero attached hydrogens (tertiary/aromatic N) is 1. The van der Waals surface area contributed by atoms with E-state index >= 15 is 0 Å². The molecular formula is C22H25N3O5S2. The first-order valence-corrected chi connectivity index (χ1v) is 12.2. The maximum atomic E-state index is 12.7. The van der Waals surface area contributed by atoms with Crippen molar-refractivity contribution in [2.24, 2.45) is 0 Å². The zero-order valence-corrected chi connectivity index (χ0v) is 19.9. The molecule has 8 nitrogen and oxygen atoms in total. The van der Waals surface area contributed by atoms with E-state index in [9.17, 15) is 13.2 Å². The summed E-state index contributed by atoms with van der Waals surface area (Å²) < 4.78 is 36.2. The standard InChI is InChI=1S/C22H25N3O5S2/c1-14-20(31-22(25-14)17-9-10-18(29-3)19(11-17)30-4)21(26)24-12-15-5-7-16(8-6-15)13-32(27,28)23-2/h5-11,23H,12-13H2,1-4H3,(H,24,26). The Kier molecular flexibility index (Phi) is 7.49. The van der Waals surface area contributed by atoms with Gasteiger partial charge in [-0.1, -0.05) is 24.3 Å². The second-order valence-corrected chi connectivity index (χ2v) is 9.89. The molecule has 0 radical (unpaired) electrons. The third kappa shape index (κ3) is 5.64. The predicted molar refractivity (Wildman–Crippen MR) is 125 cm³/mol. The number of thiazole rings is 1. The zero-order valence-electron chi connectivity index (χ0n) is 18.3. The molecule has 2 N–H and O–H groups in total. The number of ether oxygens (including phenoxy) is 2. The van der Waals surface area contributed by atoms with Crippen LogP contribution < -0.4 is 19.5 Å². The van der Waals surface area contributed by atoms with Crippen molar-refractivity contribution in [1.29, 1.82) is 0 Å². The largest absolute Gasteiger partial charge is 0.493 e. The molecule has 2 aromatic carbocycles. The summed E-state index contributed by atoms with van der Waals surface area (Å²) in [5.41, 5.74) is 3.02. The number of aryl methyl sites for hydroxylation is 1. The Morgan fingerprint density at radius 3 is 2.31 bits per heavy atom. The van der Waals surface area contributed by atoms with Gasteiger partial charge in [0.2, 0.25) is 10.0 Å². The van der Waals surface area contributed by atoms with Gasteiger partial charge >= 0.3 is 0 Å². The number of benzene rings is 2. The fourth-order valence-corrected chi connectivity index (χ4v) is 4.76. The number of methoxy groups -OCH3 is 2. The molecule has 0 bridgehead atoms.